The summed E-state index contributed by atoms with van der Waals surface area (Å²) in [5, 5.41) is 1.08. The second-order valence-electron chi connectivity index (χ2n) is 12.3. The van der Waals surface area contributed by atoms with Crippen LogP contribution in [-0.2, 0) is 33.7 Å². The Morgan fingerprint density at radius 1 is 0.739 bits per heavy atom. The number of nitrogens with one attached hydrogen (secondary N) is 1. The van der Waals surface area contributed by atoms with Crippen LogP contribution in [0.1, 0.15) is 33.3 Å². The Kier molecular flexibility index (Phi) is 9.08. The second-order valence-corrected chi connectivity index (χ2v) is 12.3. The van der Waals surface area contributed by atoms with Gasteiger partial charge in [0.25, 0.3) is 11.1 Å². The fraction of sp³-hybridized carbons (Fsp3) is 0.324. The summed E-state index contributed by atoms with van der Waals surface area (Å²) in [7, 11) is 3.02. The fourth-order valence-corrected chi connectivity index (χ4v) is 5.46. The molecule has 5 heterocycles. The lowest BCUT2D eigenvalue weighted by Crippen LogP contribution is -2.38. The quantitative estimate of drug-likeness (QED) is 0.267. The van der Waals surface area contributed by atoms with Gasteiger partial charge in [0.05, 0.1) is 27.5 Å². The van der Waals surface area contributed by atoms with E-state index in [9.17, 15) is 23.6 Å². The SMILES string of the molecule is CC(C)Cn1c(=O)n(C)c(=O)c2c[nH]cc21.CC(C)Cn1c(=O)n(C)c(=O)c2cn(Cc3ccc(-c4cccc(F)n4)cc3)cc21. The van der Waals surface area contributed by atoms with Gasteiger partial charge in [-0.05, 0) is 29.5 Å². The number of fused-ring (bicyclic) bond motifs is 2. The Morgan fingerprint density at radius 2 is 1.33 bits per heavy atom. The van der Waals surface area contributed by atoms with Crippen LogP contribution in [0, 0.1) is 17.8 Å². The predicted molar refractivity (Wildman–Crippen MR) is 178 cm³/mol. The molecule has 11 nitrogen and oxygen atoms in total. The first-order valence-electron chi connectivity index (χ1n) is 15.1. The molecule has 1 N–H and O–H groups in total. The van der Waals surface area contributed by atoms with Crippen LogP contribution in [0.15, 0.2) is 86.4 Å². The van der Waals surface area contributed by atoms with Crippen LogP contribution in [-0.4, -0.2) is 32.8 Å². The molecule has 12 heteroatoms. The number of halogens is 1. The Bertz CT molecular complexity index is 2260. The number of hydrogen-bond donors (Lipinski definition) is 1. The van der Waals surface area contributed by atoms with Gasteiger partial charge in [0.15, 0.2) is 0 Å². The van der Waals surface area contributed by atoms with Gasteiger partial charge in [-0.15, -0.1) is 0 Å². The monoisotopic (exact) mass is 627 g/mol. The van der Waals surface area contributed by atoms with Gasteiger partial charge < -0.3 is 9.55 Å². The van der Waals surface area contributed by atoms with Gasteiger partial charge in [0, 0.05) is 64.1 Å². The molecule has 240 valence electrons. The number of pyridine rings is 1. The maximum Gasteiger partial charge on any atom is 0.331 e. The number of H-pyrrole nitrogens is 1. The summed E-state index contributed by atoms with van der Waals surface area (Å²) in [6, 6.07) is 12.4. The van der Waals surface area contributed by atoms with Crippen LogP contribution in [0.3, 0.4) is 0 Å². The van der Waals surface area contributed by atoms with E-state index < -0.39 is 5.95 Å². The summed E-state index contributed by atoms with van der Waals surface area (Å²) in [4.78, 5) is 55.7. The maximum atomic E-state index is 13.4. The van der Waals surface area contributed by atoms with Crippen molar-refractivity contribution in [1.29, 1.82) is 0 Å². The van der Waals surface area contributed by atoms with Crippen LogP contribution in [0.4, 0.5) is 4.39 Å². The largest absolute Gasteiger partial charge is 0.365 e. The first-order chi connectivity index (χ1) is 21.8. The van der Waals surface area contributed by atoms with Crippen molar-refractivity contribution in [3.05, 3.63) is 120 Å². The molecule has 46 heavy (non-hydrogen) atoms. The van der Waals surface area contributed by atoms with Gasteiger partial charge in [0.1, 0.15) is 0 Å². The smallest absolute Gasteiger partial charge is 0.331 e. The molecule has 1 aromatic carbocycles. The molecule has 0 spiro atoms. The zero-order chi connectivity index (χ0) is 33.3. The van der Waals surface area contributed by atoms with Crippen LogP contribution in [0.2, 0.25) is 0 Å². The number of aromatic amines is 1. The summed E-state index contributed by atoms with van der Waals surface area (Å²) < 4.78 is 20.9. The summed E-state index contributed by atoms with van der Waals surface area (Å²) >= 11 is 0. The average molecular weight is 628 g/mol. The first kappa shape index (κ1) is 32.1. The third-order valence-corrected chi connectivity index (χ3v) is 7.70. The summed E-state index contributed by atoms with van der Waals surface area (Å²) in [6.45, 7) is 9.85. The lowest BCUT2D eigenvalue weighted by molar-refractivity contribution is 0.502. The molecule has 0 aliphatic rings. The highest BCUT2D eigenvalue weighted by Crippen LogP contribution is 2.19. The van der Waals surface area contributed by atoms with E-state index in [-0.39, 0.29) is 28.4 Å². The van der Waals surface area contributed by atoms with E-state index in [2.05, 4.69) is 9.97 Å². The van der Waals surface area contributed by atoms with Gasteiger partial charge in [-0.3, -0.25) is 27.9 Å². The molecule has 0 atom stereocenters. The van der Waals surface area contributed by atoms with E-state index in [4.69, 9.17) is 0 Å². The Morgan fingerprint density at radius 3 is 1.91 bits per heavy atom. The summed E-state index contributed by atoms with van der Waals surface area (Å²) in [6.07, 6.45) is 6.97. The fourth-order valence-electron chi connectivity index (χ4n) is 5.46. The van der Waals surface area contributed by atoms with Crippen molar-refractivity contribution in [3.63, 3.8) is 0 Å². The summed E-state index contributed by atoms with van der Waals surface area (Å²) in [5.74, 6) is 0.119. The maximum absolute atomic E-state index is 13.4. The third kappa shape index (κ3) is 6.42. The third-order valence-electron chi connectivity index (χ3n) is 7.70. The van der Waals surface area contributed by atoms with Crippen LogP contribution >= 0.6 is 0 Å². The molecule has 0 amide bonds. The Balaban J connectivity index is 0.000000219. The van der Waals surface area contributed by atoms with E-state index in [0.29, 0.717) is 53.1 Å². The van der Waals surface area contributed by atoms with Gasteiger partial charge in [-0.2, -0.15) is 4.39 Å². The van der Waals surface area contributed by atoms with E-state index in [1.165, 1.54) is 20.2 Å². The molecule has 0 aliphatic carbocycles. The molecule has 6 aromatic rings. The van der Waals surface area contributed by atoms with Crippen LogP contribution < -0.4 is 22.5 Å². The number of benzene rings is 1. The zero-order valence-electron chi connectivity index (χ0n) is 26.8. The van der Waals surface area contributed by atoms with E-state index in [0.717, 1.165) is 20.3 Å². The minimum Gasteiger partial charge on any atom is -0.365 e. The van der Waals surface area contributed by atoms with Gasteiger partial charge in [-0.1, -0.05) is 58.0 Å². The minimum atomic E-state index is -0.510. The van der Waals surface area contributed by atoms with E-state index in [1.54, 1.807) is 39.9 Å². The number of rotatable bonds is 7. The standard InChI is InChI=1S/C23H23FN4O2.C11H15N3O2/c1-15(2)11-28-20-14-27(13-18(20)22(29)26(3)23(28)30)12-16-7-9-17(10-8-16)19-5-4-6-21(24)25-19;1-7(2)6-14-9-5-12-4-8(9)10(15)13(3)11(14)16/h4-10,13-15H,11-12H2,1-3H3;4-5,7,12H,6H2,1-3H3. The molecule has 5 aromatic heterocycles. The molecule has 0 bridgehead atoms. The highest BCUT2D eigenvalue weighted by atomic mass is 19.1. The highest BCUT2D eigenvalue weighted by Gasteiger charge is 2.15. The Labute approximate surface area is 263 Å². The van der Waals surface area contributed by atoms with E-state index >= 15 is 0 Å². The van der Waals surface area contributed by atoms with Crippen LogP contribution in [0.5, 0.6) is 0 Å². The van der Waals surface area contributed by atoms with Crippen molar-refractivity contribution in [1.82, 2.24) is 32.8 Å². The molecule has 0 saturated heterocycles. The Hall–Kier alpha value is -5.26. The first-order valence-corrected chi connectivity index (χ1v) is 15.1. The number of hydrogen-bond acceptors (Lipinski definition) is 5. The van der Waals surface area contributed by atoms with Gasteiger partial charge in [0.2, 0.25) is 5.95 Å². The van der Waals surface area contributed by atoms with Crippen molar-refractivity contribution in [3.8, 4) is 11.3 Å². The van der Waals surface area contributed by atoms with Gasteiger partial charge in [-0.25, -0.2) is 14.6 Å². The van der Waals surface area contributed by atoms with Crippen molar-refractivity contribution < 1.29 is 4.39 Å². The molecular weight excluding hydrogens is 589 g/mol. The molecular formula is C34H38FN7O4. The molecule has 6 rings (SSSR count). The normalized spacial score (nSPS) is 11.5. The summed E-state index contributed by atoms with van der Waals surface area (Å²) in [5.41, 5.74) is 2.66. The number of aromatic nitrogens is 7. The van der Waals surface area contributed by atoms with Crippen molar-refractivity contribution >= 4 is 21.8 Å². The average Bonchev–Trinajstić information content (AvgIpc) is 3.68. The molecule has 0 aliphatic heterocycles. The lowest BCUT2D eigenvalue weighted by Gasteiger charge is -2.11. The second kappa shape index (κ2) is 13.0. The minimum absolute atomic E-state index is 0.249. The molecule has 0 unspecified atom stereocenters. The molecule has 0 fully saturated rings. The predicted octanol–water partition coefficient (Wildman–Crippen LogP) is 4.09. The van der Waals surface area contributed by atoms with Crippen LogP contribution in [0.25, 0.3) is 33.1 Å². The topological polar surface area (TPSA) is 122 Å². The lowest BCUT2D eigenvalue weighted by atomic mass is 10.1. The molecule has 0 radical (unpaired) electrons. The van der Waals surface area contributed by atoms with E-state index in [1.807, 2.05) is 62.7 Å². The van der Waals surface area contributed by atoms with Gasteiger partial charge >= 0.3 is 11.4 Å². The highest BCUT2D eigenvalue weighted by molar-refractivity contribution is 5.78. The zero-order valence-corrected chi connectivity index (χ0v) is 26.8. The number of nitrogens with zero attached hydrogens (tertiary/aromatic N) is 6. The van der Waals surface area contributed by atoms with Crippen molar-refractivity contribution in [2.45, 2.75) is 47.3 Å². The van der Waals surface area contributed by atoms with Crippen molar-refractivity contribution in [2.75, 3.05) is 0 Å². The van der Waals surface area contributed by atoms with Crippen molar-refractivity contribution in [2.24, 2.45) is 25.9 Å². The molecule has 0 saturated carbocycles.